The van der Waals surface area contributed by atoms with Crippen molar-refractivity contribution >= 4 is 10.8 Å². The molecule has 1 heterocycles. The highest BCUT2D eigenvalue weighted by Gasteiger charge is 2.09. The molecule has 1 aromatic heterocycles. The summed E-state index contributed by atoms with van der Waals surface area (Å²) in [6, 6.07) is 9.91. The highest BCUT2D eigenvalue weighted by Crippen LogP contribution is 2.23. The Bertz CT molecular complexity index is 522. The maximum atomic E-state index is 10.1. The average molecular weight is 213 g/mol. The lowest BCUT2D eigenvalue weighted by atomic mass is 10.1. The fraction of sp³-hybridized carbons (Fsp3) is 0.214. The zero-order valence-electron chi connectivity index (χ0n) is 9.51. The molecule has 0 spiro atoms. The second kappa shape index (κ2) is 4.45. The van der Waals surface area contributed by atoms with Crippen molar-refractivity contribution in [1.82, 2.24) is 4.98 Å². The predicted octanol–water partition coefficient (Wildman–Crippen LogP) is 3.23. The Balaban J connectivity index is 2.56. The number of allylic oxidation sites excluding steroid dienone is 1. The minimum absolute atomic E-state index is 0.629. The Morgan fingerprint density at radius 1 is 1.25 bits per heavy atom. The maximum Gasteiger partial charge on any atom is 0.115 e. The first-order chi connectivity index (χ1) is 7.68. The number of aliphatic hydroxyl groups is 1. The van der Waals surface area contributed by atoms with Crippen LogP contribution in [0.2, 0.25) is 0 Å². The molecule has 0 saturated heterocycles. The average Bonchev–Trinajstić information content (AvgIpc) is 2.27. The summed E-state index contributed by atoms with van der Waals surface area (Å²) in [5, 5.41) is 12.2. The molecule has 0 saturated carbocycles. The molecule has 2 nitrogen and oxygen atoms in total. The van der Waals surface area contributed by atoms with E-state index in [0.717, 1.165) is 22.0 Å². The van der Waals surface area contributed by atoms with Crippen molar-refractivity contribution in [2.24, 2.45) is 0 Å². The topological polar surface area (TPSA) is 33.1 Å². The van der Waals surface area contributed by atoms with Crippen LogP contribution in [0.5, 0.6) is 0 Å². The smallest absolute Gasteiger partial charge is 0.115 e. The highest BCUT2D eigenvalue weighted by molar-refractivity contribution is 5.84. The van der Waals surface area contributed by atoms with Crippen molar-refractivity contribution in [1.29, 1.82) is 0 Å². The highest BCUT2D eigenvalue weighted by atomic mass is 16.3. The standard InChI is InChI=1S/C14H15NO/c1-10(2)9-13(16)14-12-6-4-3-5-11(12)7-8-15-14/h3-9,13,16H,1-2H3. The summed E-state index contributed by atoms with van der Waals surface area (Å²) in [5.74, 6) is 0. The SMILES string of the molecule is CC(C)=CC(O)c1nccc2ccccc12. The number of fused-ring (bicyclic) bond motifs is 1. The molecule has 0 fully saturated rings. The molecule has 82 valence electrons. The van der Waals surface area contributed by atoms with E-state index in [2.05, 4.69) is 4.98 Å². The number of aromatic nitrogens is 1. The van der Waals surface area contributed by atoms with Crippen LogP contribution in [-0.2, 0) is 0 Å². The number of rotatable bonds is 2. The van der Waals surface area contributed by atoms with Crippen LogP contribution in [0.25, 0.3) is 10.8 Å². The molecule has 0 aliphatic rings. The minimum Gasteiger partial charge on any atom is -0.383 e. The summed E-state index contributed by atoms with van der Waals surface area (Å²) in [6.07, 6.45) is 2.92. The van der Waals surface area contributed by atoms with Gasteiger partial charge in [0.05, 0.1) is 5.69 Å². The normalized spacial score (nSPS) is 12.4. The Labute approximate surface area is 95.3 Å². The molecule has 2 aromatic rings. The summed E-state index contributed by atoms with van der Waals surface area (Å²) in [5.41, 5.74) is 1.81. The van der Waals surface area contributed by atoms with Crippen LogP contribution in [0.1, 0.15) is 25.6 Å². The summed E-state index contributed by atoms with van der Waals surface area (Å²) < 4.78 is 0. The van der Waals surface area contributed by atoms with Gasteiger partial charge < -0.3 is 5.11 Å². The van der Waals surface area contributed by atoms with Crippen molar-refractivity contribution in [3.05, 3.63) is 53.9 Å². The van der Waals surface area contributed by atoms with E-state index in [4.69, 9.17) is 0 Å². The van der Waals surface area contributed by atoms with Crippen LogP contribution in [0, 0.1) is 0 Å². The Hall–Kier alpha value is -1.67. The van der Waals surface area contributed by atoms with Gasteiger partial charge in [0.2, 0.25) is 0 Å². The fourth-order valence-electron chi connectivity index (χ4n) is 1.77. The molecule has 0 radical (unpaired) electrons. The van der Waals surface area contributed by atoms with Gasteiger partial charge in [0.15, 0.2) is 0 Å². The Morgan fingerprint density at radius 2 is 2.00 bits per heavy atom. The summed E-state index contributed by atoms with van der Waals surface area (Å²) in [7, 11) is 0. The van der Waals surface area contributed by atoms with Gasteiger partial charge in [-0.15, -0.1) is 0 Å². The third-order valence-corrected chi connectivity index (χ3v) is 2.48. The number of aliphatic hydroxyl groups excluding tert-OH is 1. The van der Waals surface area contributed by atoms with Gasteiger partial charge in [0, 0.05) is 11.6 Å². The van der Waals surface area contributed by atoms with Crippen molar-refractivity contribution in [3.63, 3.8) is 0 Å². The lowest BCUT2D eigenvalue weighted by molar-refractivity contribution is 0.224. The lowest BCUT2D eigenvalue weighted by Crippen LogP contribution is -1.98. The molecule has 1 atom stereocenters. The van der Waals surface area contributed by atoms with Gasteiger partial charge >= 0.3 is 0 Å². The molecule has 1 unspecified atom stereocenters. The summed E-state index contributed by atoms with van der Waals surface area (Å²) >= 11 is 0. The predicted molar refractivity (Wildman–Crippen MR) is 66.1 cm³/mol. The van der Waals surface area contributed by atoms with Crippen molar-refractivity contribution in [3.8, 4) is 0 Å². The van der Waals surface area contributed by atoms with Gasteiger partial charge in [-0.3, -0.25) is 4.98 Å². The zero-order valence-corrected chi connectivity index (χ0v) is 9.51. The van der Waals surface area contributed by atoms with E-state index in [1.54, 1.807) is 6.20 Å². The lowest BCUT2D eigenvalue weighted by Gasteiger charge is -2.09. The van der Waals surface area contributed by atoms with E-state index in [-0.39, 0.29) is 0 Å². The number of nitrogens with zero attached hydrogens (tertiary/aromatic N) is 1. The van der Waals surface area contributed by atoms with Gasteiger partial charge in [-0.25, -0.2) is 0 Å². The molecular formula is C14H15NO. The van der Waals surface area contributed by atoms with Crippen molar-refractivity contribution < 1.29 is 5.11 Å². The first-order valence-corrected chi connectivity index (χ1v) is 5.35. The van der Waals surface area contributed by atoms with E-state index in [1.807, 2.05) is 50.3 Å². The largest absolute Gasteiger partial charge is 0.383 e. The van der Waals surface area contributed by atoms with Gasteiger partial charge in [-0.2, -0.15) is 0 Å². The second-order valence-electron chi connectivity index (χ2n) is 4.11. The molecule has 1 aromatic carbocycles. The third kappa shape index (κ3) is 2.12. The zero-order chi connectivity index (χ0) is 11.5. The Morgan fingerprint density at radius 3 is 2.75 bits per heavy atom. The van der Waals surface area contributed by atoms with E-state index >= 15 is 0 Å². The first-order valence-electron chi connectivity index (χ1n) is 5.35. The van der Waals surface area contributed by atoms with Crippen LogP contribution >= 0.6 is 0 Å². The number of benzene rings is 1. The van der Waals surface area contributed by atoms with Crippen LogP contribution < -0.4 is 0 Å². The number of hydrogen-bond acceptors (Lipinski definition) is 2. The fourth-order valence-corrected chi connectivity index (χ4v) is 1.77. The summed E-state index contributed by atoms with van der Waals surface area (Å²) in [6.45, 7) is 3.93. The first kappa shape index (κ1) is 10.8. The van der Waals surface area contributed by atoms with Crippen molar-refractivity contribution in [2.45, 2.75) is 20.0 Å². The van der Waals surface area contributed by atoms with Crippen LogP contribution in [0.3, 0.4) is 0 Å². The van der Waals surface area contributed by atoms with Crippen LogP contribution in [0.15, 0.2) is 48.2 Å². The minimum atomic E-state index is -0.629. The van der Waals surface area contributed by atoms with Gasteiger partial charge in [0.1, 0.15) is 6.10 Å². The van der Waals surface area contributed by atoms with Crippen LogP contribution in [0.4, 0.5) is 0 Å². The van der Waals surface area contributed by atoms with Crippen molar-refractivity contribution in [2.75, 3.05) is 0 Å². The van der Waals surface area contributed by atoms with Gasteiger partial charge in [0.25, 0.3) is 0 Å². The van der Waals surface area contributed by atoms with Gasteiger partial charge in [-0.1, -0.05) is 35.9 Å². The molecule has 0 amide bonds. The molecule has 2 heteroatoms. The number of pyridine rings is 1. The molecule has 1 N–H and O–H groups in total. The summed E-state index contributed by atoms with van der Waals surface area (Å²) in [4.78, 5) is 4.27. The molecule has 16 heavy (non-hydrogen) atoms. The Kier molecular flexibility index (Phi) is 3.02. The molecule has 0 aliphatic heterocycles. The quantitative estimate of drug-likeness (QED) is 0.777. The van der Waals surface area contributed by atoms with E-state index in [9.17, 15) is 5.11 Å². The molecule has 0 aliphatic carbocycles. The monoisotopic (exact) mass is 213 g/mol. The van der Waals surface area contributed by atoms with E-state index in [0.29, 0.717) is 0 Å². The molecular weight excluding hydrogens is 198 g/mol. The van der Waals surface area contributed by atoms with E-state index < -0.39 is 6.10 Å². The van der Waals surface area contributed by atoms with Gasteiger partial charge in [-0.05, 0) is 25.3 Å². The number of hydrogen-bond donors (Lipinski definition) is 1. The van der Waals surface area contributed by atoms with E-state index in [1.165, 1.54) is 0 Å². The molecule has 0 bridgehead atoms. The second-order valence-corrected chi connectivity index (χ2v) is 4.11. The molecule has 2 rings (SSSR count). The third-order valence-electron chi connectivity index (χ3n) is 2.48. The maximum absolute atomic E-state index is 10.1. The van der Waals surface area contributed by atoms with Crippen LogP contribution in [-0.4, -0.2) is 10.1 Å².